The largest absolute Gasteiger partial charge is 0.362 e. The second-order valence-corrected chi connectivity index (χ2v) is 8.10. The average Bonchev–Trinajstić information content (AvgIpc) is 2.69. The minimum atomic E-state index is -0.416. The van der Waals surface area contributed by atoms with Crippen LogP contribution >= 0.6 is 23.4 Å². The summed E-state index contributed by atoms with van der Waals surface area (Å²) in [6.07, 6.45) is 0. The molecule has 1 amide bonds. The molecule has 0 bridgehead atoms. The lowest BCUT2D eigenvalue weighted by Gasteiger charge is -2.35. The third-order valence-corrected chi connectivity index (χ3v) is 6.05. The zero-order valence-corrected chi connectivity index (χ0v) is 17.2. The summed E-state index contributed by atoms with van der Waals surface area (Å²) in [7, 11) is 0. The first-order valence-electron chi connectivity index (χ1n) is 9.04. The lowest BCUT2D eigenvalue weighted by atomic mass is 10.1. The number of piperazine rings is 1. The van der Waals surface area contributed by atoms with Crippen molar-refractivity contribution in [2.75, 3.05) is 36.8 Å². The highest BCUT2D eigenvalue weighted by atomic mass is 35.5. The van der Waals surface area contributed by atoms with Gasteiger partial charge in [0.1, 0.15) is 5.69 Å². The Hall–Kier alpha value is -2.25. The number of rotatable bonds is 6. The summed E-state index contributed by atoms with van der Waals surface area (Å²) < 4.78 is 0. The molecule has 0 atom stereocenters. The normalized spacial score (nSPS) is 14.2. The van der Waals surface area contributed by atoms with Gasteiger partial charge in [0.05, 0.1) is 10.7 Å². The van der Waals surface area contributed by atoms with E-state index >= 15 is 0 Å². The quantitative estimate of drug-likeness (QED) is 0.520. The third-order valence-electron chi connectivity index (χ3n) is 4.85. The lowest BCUT2D eigenvalue weighted by Crippen LogP contribution is -2.49. The zero-order chi connectivity index (χ0) is 20.1. The fraction of sp³-hybridized carbons (Fsp3) is 0.350. The van der Waals surface area contributed by atoms with Gasteiger partial charge < -0.3 is 9.80 Å². The molecule has 0 aromatic heterocycles. The zero-order valence-electron chi connectivity index (χ0n) is 15.6. The van der Waals surface area contributed by atoms with Gasteiger partial charge in [0.15, 0.2) is 0 Å². The Kier molecular flexibility index (Phi) is 6.80. The Morgan fingerprint density at radius 1 is 1.18 bits per heavy atom. The molecule has 8 heteroatoms. The van der Waals surface area contributed by atoms with Gasteiger partial charge in [-0.25, -0.2) is 0 Å². The summed E-state index contributed by atoms with van der Waals surface area (Å²) >= 11 is 7.51. The molecule has 6 nitrogen and oxygen atoms in total. The van der Waals surface area contributed by atoms with E-state index in [9.17, 15) is 14.9 Å². The average molecular weight is 420 g/mol. The second-order valence-electron chi connectivity index (χ2n) is 6.68. The van der Waals surface area contributed by atoms with Gasteiger partial charge in [-0.1, -0.05) is 35.9 Å². The van der Waals surface area contributed by atoms with Crippen LogP contribution in [0.3, 0.4) is 0 Å². The van der Waals surface area contributed by atoms with E-state index in [2.05, 4.69) is 19.1 Å². The summed E-state index contributed by atoms with van der Waals surface area (Å²) in [4.78, 5) is 27.2. The Labute approximate surface area is 173 Å². The van der Waals surface area contributed by atoms with Crippen molar-refractivity contribution in [3.05, 3.63) is 68.7 Å². The van der Waals surface area contributed by atoms with Crippen molar-refractivity contribution >= 4 is 40.6 Å². The van der Waals surface area contributed by atoms with E-state index in [1.54, 1.807) is 23.9 Å². The van der Waals surface area contributed by atoms with E-state index in [0.29, 0.717) is 42.6 Å². The highest BCUT2D eigenvalue weighted by molar-refractivity contribution is 7.99. The SMILES string of the molecule is Cc1ccccc1CSCC(=O)N1CCN(c2ccc(Cl)cc2[N+](=O)[O-])CC1. The van der Waals surface area contributed by atoms with Crippen LogP contribution in [0.4, 0.5) is 11.4 Å². The summed E-state index contributed by atoms with van der Waals surface area (Å²) in [6.45, 7) is 4.33. The van der Waals surface area contributed by atoms with Crippen LogP contribution in [0.1, 0.15) is 11.1 Å². The van der Waals surface area contributed by atoms with E-state index in [0.717, 1.165) is 5.75 Å². The van der Waals surface area contributed by atoms with Crippen LogP contribution in [0.5, 0.6) is 0 Å². The smallest absolute Gasteiger partial charge is 0.294 e. The molecular formula is C20H22ClN3O3S. The number of nitro benzene ring substituents is 1. The molecule has 0 N–H and O–H groups in total. The fourth-order valence-electron chi connectivity index (χ4n) is 3.22. The molecule has 1 saturated heterocycles. The number of nitrogens with zero attached hydrogens (tertiary/aromatic N) is 3. The highest BCUT2D eigenvalue weighted by Crippen LogP contribution is 2.31. The second kappa shape index (κ2) is 9.30. The Bertz CT molecular complexity index is 870. The molecular weight excluding hydrogens is 398 g/mol. The number of benzene rings is 2. The van der Waals surface area contributed by atoms with Crippen molar-refractivity contribution in [2.45, 2.75) is 12.7 Å². The molecule has 2 aromatic rings. The number of nitro groups is 1. The molecule has 0 radical (unpaired) electrons. The molecule has 28 heavy (non-hydrogen) atoms. The van der Waals surface area contributed by atoms with Crippen molar-refractivity contribution < 1.29 is 9.72 Å². The predicted octanol–water partition coefficient (Wildman–Crippen LogP) is 4.14. The van der Waals surface area contributed by atoms with E-state index in [4.69, 9.17) is 11.6 Å². The van der Waals surface area contributed by atoms with Crippen LogP contribution < -0.4 is 4.90 Å². The summed E-state index contributed by atoms with van der Waals surface area (Å²) in [5, 5.41) is 11.6. The summed E-state index contributed by atoms with van der Waals surface area (Å²) in [5.41, 5.74) is 3.04. The number of thioether (sulfide) groups is 1. The highest BCUT2D eigenvalue weighted by Gasteiger charge is 2.25. The van der Waals surface area contributed by atoms with Gasteiger partial charge in [0.2, 0.25) is 5.91 Å². The number of carbonyl (C=O) groups excluding carboxylic acids is 1. The molecule has 1 heterocycles. The number of aryl methyl sites for hydroxylation is 1. The maximum atomic E-state index is 12.5. The first-order valence-corrected chi connectivity index (χ1v) is 10.6. The number of hydrogen-bond donors (Lipinski definition) is 0. The van der Waals surface area contributed by atoms with E-state index in [1.807, 2.05) is 21.9 Å². The van der Waals surface area contributed by atoms with Gasteiger partial charge in [-0.2, -0.15) is 0 Å². The Morgan fingerprint density at radius 3 is 2.57 bits per heavy atom. The fourth-order valence-corrected chi connectivity index (χ4v) is 4.39. The predicted molar refractivity (Wildman–Crippen MR) is 114 cm³/mol. The van der Waals surface area contributed by atoms with Gasteiger partial charge >= 0.3 is 0 Å². The van der Waals surface area contributed by atoms with Crippen LogP contribution in [-0.4, -0.2) is 47.7 Å². The number of amides is 1. The summed E-state index contributed by atoms with van der Waals surface area (Å²) in [6, 6.07) is 12.9. The number of anilines is 1. The third kappa shape index (κ3) is 4.97. The molecule has 0 spiro atoms. The monoisotopic (exact) mass is 419 g/mol. The minimum Gasteiger partial charge on any atom is -0.362 e. The first kappa shape index (κ1) is 20.5. The Morgan fingerprint density at radius 2 is 1.89 bits per heavy atom. The molecule has 148 valence electrons. The van der Waals surface area contributed by atoms with Crippen molar-refractivity contribution in [1.82, 2.24) is 4.90 Å². The van der Waals surface area contributed by atoms with Crippen LogP contribution in [-0.2, 0) is 10.5 Å². The van der Waals surface area contributed by atoms with E-state index in [1.165, 1.54) is 17.2 Å². The van der Waals surface area contributed by atoms with E-state index in [-0.39, 0.29) is 11.6 Å². The molecule has 2 aromatic carbocycles. The van der Waals surface area contributed by atoms with Crippen molar-refractivity contribution in [3.63, 3.8) is 0 Å². The van der Waals surface area contributed by atoms with Gasteiger partial charge in [-0.15, -0.1) is 11.8 Å². The van der Waals surface area contributed by atoms with Gasteiger partial charge in [0.25, 0.3) is 5.69 Å². The van der Waals surface area contributed by atoms with Crippen molar-refractivity contribution in [2.24, 2.45) is 0 Å². The number of halogens is 1. The maximum absolute atomic E-state index is 12.5. The maximum Gasteiger partial charge on any atom is 0.294 e. The van der Waals surface area contributed by atoms with E-state index < -0.39 is 4.92 Å². The van der Waals surface area contributed by atoms with Crippen LogP contribution in [0.25, 0.3) is 0 Å². The number of carbonyl (C=O) groups is 1. The first-order chi connectivity index (χ1) is 13.5. The van der Waals surface area contributed by atoms with Crippen LogP contribution in [0.2, 0.25) is 5.02 Å². The molecule has 0 saturated carbocycles. The van der Waals surface area contributed by atoms with Crippen molar-refractivity contribution in [3.8, 4) is 0 Å². The van der Waals surface area contributed by atoms with Crippen LogP contribution in [0.15, 0.2) is 42.5 Å². The number of hydrogen-bond acceptors (Lipinski definition) is 5. The summed E-state index contributed by atoms with van der Waals surface area (Å²) in [5.74, 6) is 1.37. The lowest BCUT2D eigenvalue weighted by molar-refractivity contribution is -0.384. The molecule has 0 aliphatic carbocycles. The van der Waals surface area contributed by atoms with Gasteiger partial charge in [-0.3, -0.25) is 14.9 Å². The Balaban J connectivity index is 1.52. The van der Waals surface area contributed by atoms with Crippen molar-refractivity contribution in [1.29, 1.82) is 0 Å². The minimum absolute atomic E-state index is 0.000984. The molecule has 3 rings (SSSR count). The standard InChI is InChI=1S/C20H22ClN3O3S/c1-15-4-2-3-5-16(15)13-28-14-20(25)23-10-8-22(9-11-23)18-7-6-17(21)12-19(18)24(26)27/h2-7,12H,8-11,13-14H2,1H3. The molecule has 1 aliphatic rings. The van der Waals surface area contributed by atoms with Gasteiger partial charge in [0, 0.05) is 43.0 Å². The molecule has 0 unspecified atom stereocenters. The molecule has 1 fully saturated rings. The van der Waals surface area contributed by atoms with Gasteiger partial charge in [-0.05, 0) is 30.2 Å². The topological polar surface area (TPSA) is 66.7 Å². The molecule has 1 aliphatic heterocycles. The van der Waals surface area contributed by atoms with Crippen LogP contribution in [0, 0.1) is 17.0 Å².